The summed E-state index contributed by atoms with van der Waals surface area (Å²) in [5, 5.41) is 10.5. The number of amides is 1. The SMILES string of the molecule is Cc1ccc2c(c1)[C@]1(Oc3ccc(Br)cc3[C@@H]3CC(c4ccc(Cl)cc4)=NN31)C(=O)N2. The predicted octanol–water partition coefficient (Wildman–Crippen LogP) is 5.76. The summed E-state index contributed by atoms with van der Waals surface area (Å²) < 4.78 is 7.47. The third kappa shape index (κ3) is 2.68. The number of hydrogen-bond acceptors (Lipinski definition) is 4. The van der Waals surface area contributed by atoms with Gasteiger partial charge in [0.25, 0.3) is 5.91 Å². The zero-order valence-electron chi connectivity index (χ0n) is 16.5. The van der Waals surface area contributed by atoms with Crippen molar-refractivity contribution < 1.29 is 9.53 Å². The molecule has 0 aliphatic carbocycles. The quantitative estimate of drug-likeness (QED) is 0.468. The lowest BCUT2D eigenvalue weighted by molar-refractivity contribution is -0.161. The second kappa shape index (κ2) is 6.58. The Morgan fingerprint density at radius 2 is 1.97 bits per heavy atom. The van der Waals surface area contributed by atoms with E-state index in [1.165, 1.54) is 0 Å². The molecule has 7 heteroatoms. The van der Waals surface area contributed by atoms with Crippen LogP contribution in [0, 0.1) is 6.92 Å². The average Bonchev–Trinajstić information content (AvgIpc) is 3.31. The van der Waals surface area contributed by atoms with Crippen LogP contribution in [-0.4, -0.2) is 16.6 Å². The van der Waals surface area contributed by atoms with Crippen molar-refractivity contribution >= 4 is 44.8 Å². The van der Waals surface area contributed by atoms with Gasteiger partial charge in [0, 0.05) is 21.5 Å². The second-order valence-electron chi connectivity index (χ2n) is 8.05. The molecule has 31 heavy (non-hydrogen) atoms. The number of ether oxygens (including phenoxy) is 1. The van der Waals surface area contributed by atoms with E-state index in [9.17, 15) is 4.79 Å². The summed E-state index contributed by atoms with van der Waals surface area (Å²) >= 11 is 9.66. The molecule has 3 heterocycles. The van der Waals surface area contributed by atoms with Crippen molar-refractivity contribution in [1.82, 2.24) is 5.01 Å². The van der Waals surface area contributed by atoms with Crippen molar-refractivity contribution in [3.05, 3.63) is 92.4 Å². The van der Waals surface area contributed by atoms with Crippen LogP contribution in [0.3, 0.4) is 0 Å². The maximum atomic E-state index is 13.5. The van der Waals surface area contributed by atoms with Crippen molar-refractivity contribution in [2.45, 2.75) is 25.1 Å². The number of carbonyl (C=O) groups is 1. The molecule has 1 spiro atoms. The first-order valence-corrected chi connectivity index (χ1v) is 11.2. The second-order valence-corrected chi connectivity index (χ2v) is 9.40. The molecule has 3 aliphatic heterocycles. The van der Waals surface area contributed by atoms with Crippen molar-refractivity contribution in [3.8, 4) is 5.75 Å². The largest absolute Gasteiger partial charge is 0.453 e. The van der Waals surface area contributed by atoms with E-state index < -0.39 is 5.72 Å². The standard InChI is InChI=1S/C24H17BrClN3O2/c1-13-2-8-19-18(10-13)24(23(30)27-19)29-21(17-11-15(25)5-9-22(17)31-24)12-20(28-29)14-3-6-16(26)7-4-14/h2-11,21H,12H2,1H3,(H,27,30)/t21-,24-/m0/s1. The smallest absolute Gasteiger partial charge is 0.306 e. The molecule has 0 unspecified atom stereocenters. The number of anilines is 1. The van der Waals surface area contributed by atoms with Gasteiger partial charge in [-0.3, -0.25) is 4.79 Å². The monoisotopic (exact) mass is 493 g/mol. The lowest BCUT2D eigenvalue weighted by Crippen LogP contribution is -2.55. The van der Waals surface area contributed by atoms with E-state index in [1.807, 2.05) is 72.6 Å². The van der Waals surface area contributed by atoms with Crippen LogP contribution in [0.2, 0.25) is 5.02 Å². The highest BCUT2D eigenvalue weighted by Gasteiger charge is 2.60. The van der Waals surface area contributed by atoms with Crippen LogP contribution in [0.5, 0.6) is 5.75 Å². The summed E-state index contributed by atoms with van der Waals surface area (Å²) in [5.74, 6) is 0.467. The molecule has 1 amide bonds. The minimum Gasteiger partial charge on any atom is -0.453 e. The van der Waals surface area contributed by atoms with Crippen LogP contribution in [0.25, 0.3) is 0 Å². The summed E-state index contributed by atoms with van der Waals surface area (Å²) in [4.78, 5) is 13.5. The Morgan fingerprint density at radius 3 is 2.77 bits per heavy atom. The van der Waals surface area contributed by atoms with Crippen LogP contribution in [0.15, 0.2) is 70.2 Å². The fourth-order valence-electron chi connectivity index (χ4n) is 4.64. The molecule has 1 N–H and O–H groups in total. The van der Waals surface area contributed by atoms with E-state index in [0.29, 0.717) is 17.2 Å². The highest BCUT2D eigenvalue weighted by Crippen LogP contribution is 2.54. The summed E-state index contributed by atoms with van der Waals surface area (Å²) in [6.07, 6.45) is 0.657. The van der Waals surface area contributed by atoms with Gasteiger partial charge in [0.2, 0.25) is 0 Å². The highest BCUT2D eigenvalue weighted by atomic mass is 79.9. The Hall–Kier alpha value is -2.83. The Labute approximate surface area is 192 Å². The molecule has 6 rings (SSSR count). The Bertz CT molecular complexity index is 1290. The lowest BCUT2D eigenvalue weighted by atomic mass is 9.92. The average molecular weight is 495 g/mol. The number of benzene rings is 3. The molecule has 154 valence electrons. The van der Waals surface area contributed by atoms with Gasteiger partial charge in [0.15, 0.2) is 0 Å². The number of hydrazone groups is 1. The Balaban J connectivity index is 1.58. The van der Waals surface area contributed by atoms with Gasteiger partial charge in [0.05, 0.1) is 23.0 Å². The molecule has 3 aromatic carbocycles. The zero-order chi connectivity index (χ0) is 21.3. The van der Waals surface area contributed by atoms with Gasteiger partial charge in [-0.1, -0.05) is 51.3 Å². The molecule has 0 aromatic heterocycles. The van der Waals surface area contributed by atoms with E-state index in [4.69, 9.17) is 21.4 Å². The van der Waals surface area contributed by atoms with Crippen LogP contribution >= 0.6 is 27.5 Å². The number of rotatable bonds is 1. The maximum absolute atomic E-state index is 13.5. The minimum absolute atomic E-state index is 0.135. The third-order valence-electron chi connectivity index (χ3n) is 6.10. The fraction of sp³-hybridized carbons (Fsp3) is 0.167. The van der Waals surface area contributed by atoms with Crippen LogP contribution in [0.1, 0.15) is 34.7 Å². The van der Waals surface area contributed by atoms with Crippen LogP contribution < -0.4 is 10.1 Å². The van der Waals surface area contributed by atoms with Gasteiger partial charge in [-0.15, -0.1) is 0 Å². The molecule has 0 bridgehead atoms. The molecule has 0 fully saturated rings. The Kier molecular flexibility index (Phi) is 4.01. The van der Waals surface area contributed by atoms with E-state index in [1.54, 1.807) is 0 Å². The van der Waals surface area contributed by atoms with Gasteiger partial charge in [0.1, 0.15) is 5.75 Å². The number of carbonyl (C=O) groups excluding carboxylic acids is 1. The molecule has 5 nitrogen and oxygen atoms in total. The topological polar surface area (TPSA) is 53.9 Å². The molecule has 0 radical (unpaired) electrons. The number of nitrogens with zero attached hydrogens (tertiary/aromatic N) is 2. The van der Waals surface area contributed by atoms with E-state index in [0.717, 1.165) is 38.1 Å². The number of hydrogen-bond donors (Lipinski definition) is 1. The van der Waals surface area contributed by atoms with Crippen molar-refractivity contribution in [2.24, 2.45) is 5.10 Å². The minimum atomic E-state index is -1.35. The highest BCUT2D eigenvalue weighted by molar-refractivity contribution is 9.10. The summed E-state index contributed by atoms with van der Waals surface area (Å²) in [7, 11) is 0. The number of aryl methyl sites for hydroxylation is 1. The van der Waals surface area contributed by atoms with E-state index in [-0.39, 0.29) is 11.9 Å². The van der Waals surface area contributed by atoms with Crippen LogP contribution in [0.4, 0.5) is 5.69 Å². The van der Waals surface area contributed by atoms with E-state index in [2.05, 4.69) is 21.2 Å². The fourth-order valence-corrected chi connectivity index (χ4v) is 5.15. The summed E-state index contributed by atoms with van der Waals surface area (Å²) in [5.41, 5.74) is 4.13. The van der Waals surface area contributed by atoms with Gasteiger partial charge in [-0.25, -0.2) is 5.01 Å². The van der Waals surface area contributed by atoms with Gasteiger partial charge >= 0.3 is 5.72 Å². The normalized spacial score (nSPS) is 23.1. The maximum Gasteiger partial charge on any atom is 0.306 e. The molecule has 0 saturated carbocycles. The zero-order valence-corrected chi connectivity index (χ0v) is 18.9. The lowest BCUT2D eigenvalue weighted by Gasteiger charge is -2.44. The molecular formula is C24H17BrClN3O2. The molecule has 2 atom stereocenters. The van der Waals surface area contributed by atoms with Gasteiger partial charge in [-0.05, 0) is 55.0 Å². The number of halogens is 2. The first kappa shape index (κ1) is 18.9. The number of fused-ring (bicyclic) bond motifs is 6. The first-order valence-electron chi connectivity index (χ1n) is 9.99. The molecule has 3 aromatic rings. The molecular weight excluding hydrogens is 478 g/mol. The summed E-state index contributed by atoms with van der Waals surface area (Å²) in [6, 6.07) is 19.3. The summed E-state index contributed by atoms with van der Waals surface area (Å²) in [6.45, 7) is 2.01. The van der Waals surface area contributed by atoms with Gasteiger partial charge in [-0.2, -0.15) is 5.10 Å². The van der Waals surface area contributed by atoms with E-state index >= 15 is 0 Å². The number of nitrogens with one attached hydrogen (secondary N) is 1. The molecule has 0 saturated heterocycles. The Morgan fingerprint density at radius 1 is 1.16 bits per heavy atom. The molecule has 3 aliphatic rings. The third-order valence-corrected chi connectivity index (χ3v) is 6.84. The van der Waals surface area contributed by atoms with Crippen molar-refractivity contribution in [3.63, 3.8) is 0 Å². The van der Waals surface area contributed by atoms with Crippen molar-refractivity contribution in [1.29, 1.82) is 0 Å². The van der Waals surface area contributed by atoms with Gasteiger partial charge < -0.3 is 10.1 Å². The predicted molar refractivity (Wildman–Crippen MR) is 123 cm³/mol. The van der Waals surface area contributed by atoms with Crippen molar-refractivity contribution in [2.75, 3.05) is 5.32 Å². The van der Waals surface area contributed by atoms with Crippen LogP contribution in [-0.2, 0) is 10.5 Å². The first-order chi connectivity index (χ1) is 15.0.